The Morgan fingerprint density at radius 3 is 2.16 bits per heavy atom. The van der Waals surface area contributed by atoms with Crippen molar-refractivity contribution in [3.8, 4) is 0 Å². The van der Waals surface area contributed by atoms with Gasteiger partial charge in [-0.05, 0) is 98.3 Å². The van der Waals surface area contributed by atoms with Crippen LogP contribution in [0.1, 0.15) is 61.1 Å². The summed E-state index contributed by atoms with van der Waals surface area (Å²) in [5.74, 6) is 1.62. The minimum atomic E-state index is -0.958. The van der Waals surface area contributed by atoms with E-state index in [0.717, 1.165) is 64.0 Å². The molecule has 0 unspecified atom stereocenters. The highest BCUT2D eigenvalue weighted by Gasteiger charge is 2.47. The number of amides is 2. The van der Waals surface area contributed by atoms with Crippen LogP contribution in [-0.2, 0) is 16.8 Å². The molecule has 6 rings (SSSR count). The Balaban J connectivity index is 0.000000259. The van der Waals surface area contributed by atoms with E-state index in [2.05, 4.69) is 40.1 Å². The van der Waals surface area contributed by atoms with Crippen molar-refractivity contribution in [1.29, 1.82) is 0 Å². The minimum Gasteiger partial charge on any atom is -0.465 e. The van der Waals surface area contributed by atoms with E-state index in [1.165, 1.54) is 35.9 Å². The Kier molecular flexibility index (Phi) is 11.4. The minimum absolute atomic E-state index is 0.314. The lowest BCUT2D eigenvalue weighted by molar-refractivity contribution is -0.140. The quantitative estimate of drug-likeness (QED) is 0.274. The molecule has 3 aliphatic rings. The van der Waals surface area contributed by atoms with Gasteiger partial charge in [0.2, 0.25) is 5.91 Å². The molecule has 3 aromatic carbocycles. The lowest BCUT2D eigenvalue weighted by Gasteiger charge is -2.44. The van der Waals surface area contributed by atoms with Crippen LogP contribution in [0, 0.1) is 5.92 Å². The molecule has 3 fully saturated rings. The summed E-state index contributed by atoms with van der Waals surface area (Å²) in [6, 6.07) is 23.8. The van der Waals surface area contributed by atoms with Crippen LogP contribution in [0.2, 0.25) is 15.1 Å². The van der Waals surface area contributed by atoms with Gasteiger partial charge in [0.25, 0.3) is 0 Å². The molecule has 240 valence electrons. The summed E-state index contributed by atoms with van der Waals surface area (Å²) in [6.45, 7) is 5.23. The maximum atomic E-state index is 13.8. The summed E-state index contributed by atoms with van der Waals surface area (Å²) in [5.41, 5.74) is 2.96. The summed E-state index contributed by atoms with van der Waals surface area (Å²) in [5, 5.41) is 10.5. The third kappa shape index (κ3) is 8.34. The van der Waals surface area contributed by atoms with E-state index in [0.29, 0.717) is 39.4 Å². The topological polar surface area (TPSA) is 64.1 Å². The first-order valence-corrected chi connectivity index (χ1v) is 17.0. The molecule has 1 N–H and O–H groups in total. The van der Waals surface area contributed by atoms with E-state index in [4.69, 9.17) is 39.9 Å². The molecular weight excluding hydrogens is 629 g/mol. The number of hydrogen-bond acceptors (Lipinski definition) is 3. The van der Waals surface area contributed by atoms with Gasteiger partial charge in [-0.3, -0.25) is 4.79 Å². The molecule has 2 saturated heterocycles. The second kappa shape index (κ2) is 15.2. The van der Waals surface area contributed by atoms with Crippen molar-refractivity contribution in [3.63, 3.8) is 0 Å². The van der Waals surface area contributed by atoms with Gasteiger partial charge in [0.05, 0.1) is 22.0 Å². The average Bonchev–Trinajstić information content (AvgIpc) is 3.83. The zero-order chi connectivity index (χ0) is 32.0. The van der Waals surface area contributed by atoms with Crippen LogP contribution >= 0.6 is 34.8 Å². The van der Waals surface area contributed by atoms with Crippen LogP contribution in [0.25, 0.3) is 0 Å². The van der Waals surface area contributed by atoms with Crippen LogP contribution in [0.4, 0.5) is 4.79 Å². The van der Waals surface area contributed by atoms with E-state index in [1.54, 1.807) is 6.07 Å². The number of halogens is 3. The molecule has 45 heavy (non-hydrogen) atoms. The van der Waals surface area contributed by atoms with Gasteiger partial charge in [-0.1, -0.05) is 89.4 Å². The van der Waals surface area contributed by atoms with Crippen LogP contribution < -0.4 is 0 Å². The SMILES string of the molecule is CN(Cc1ccccc1Cl)C(=O)O.O=C(N1CCCCC1)C1(c2ccccc2)CCN(C[C@@H]2C[C@@H]2c2ccc(Cl)c(Cl)c2)CC1. The fourth-order valence-electron chi connectivity index (χ4n) is 6.78. The van der Waals surface area contributed by atoms with Crippen molar-refractivity contribution in [2.75, 3.05) is 39.8 Å². The van der Waals surface area contributed by atoms with Gasteiger partial charge in [0.1, 0.15) is 0 Å². The number of carbonyl (C=O) groups is 2. The number of likely N-dealkylation sites (tertiary alicyclic amines) is 2. The Labute approximate surface area is 281 Å². The largest absolute Gasteiger partial charge is 0.465 e. The molecule has 0 spiro atoms. The molecule has 1 aliphatic carbocycles. The fourth-order valence-corrected chi connectivity index (χ4v) is 7.28. The lowest BCUT2D eigenvalue weighted by Crippen LogP contribution is -2.54. The predicted octanol–water partition coefficient (Wildman–Crippen LogP) is 8.59. The van der Waals surface area contributed by atoms with Crippen LogP contribution in [-0.4, -0.2) is 71.6 Å². The number of hydrogen-bond donors (Lipinski definition) is 1. The normalized spacial score (nSPS) is 20.9. The summed E-state index contributed by atoms with van der Waals surface area (Å²) in [7, 11) is 1.51. The first kappa shape index (κ1) is 33.6. The molecule has 2 atom stereocenters. The number of rotatable bonds is 7. The second-order valence-electron chi connectivity index (χ2n) is 12.6. The number of piperidine rings is 2. The maximum absolute atomic E-state index is 13.8. The van der Waals surface area contributed by atoms with Crippen LogP contribution in [0.3, 0.4) is 0 Å². The van der Waals surface area contributed by atoms with E-state index < -0.39 is 6.09 Å². The van der Waals surface area contributed by atoms with E-state index in [9.17, 15) is 9.59 Å². The summed E-state index contributed by atoms with van der Waals surface area (Å²) < 4.78 is 0. The Morgan fingerprint density at radius 2 is 1.51 bits per heavy atom. The molecule has 2 aliphatic heterocycles. The average molecular weight is 671 g/mol. The maximum Gasteiger partial charge on any atom is 0.407 e. The van der Waals surface area contributed by atoms with Gasteiger partial charge < -0.3 is 19.8 Å². The van der Waals surface area contributed by atoms with E-state index in [1.807, 2.05) is 36.4 Å². The summed E-state index contributed by atoms with van der Waals surface area (Å²) >= 11 is 18.2. The first-order valence-electron chi connectivity index (χ1n) is 15.9. The molecule has 1 saturated carbocycles. The monoisotopic (exact) mass is 669 g/mol. The molecule has 0 aromatic heterocycles. The molecule has 6 nitrogen and oxygen atoms in total. The second-order valence-corrected chi connectivity index (χ2v) is 13.8. The predicted molar refractivity (Wildman–Crippen MR) is 182 cm³/mol. The van der Waals surface area contributed by atoms with Gasteiger partial charge >= 0.3 is 6.09 Å². The Morgan fingerprint density at radius 1 is 0.844 bits per heavy atom. The number of carbonyl (C=O) groups excluding carboxylic acids is 1. The highest BCUT2D eigenvalue weighted by Crippen LogP contribution is 2.49. The Hall–Kier alpha value is -2.77. The van der Waals surface area contributed by atoms with Gasteiger partial charge in [0.15, 0.2) is 0 Å². The van der Waals surface area contributed by atoms with Crippen LogP contribution in [0.15, 0.2) is 72.8 Å². The zero-order valence-electron chi connectivity index (χ0n) is 25.8. The third-order valence-corrected chi connectivity index (χ3v) is 10.7. The summed E-state index contributed by atoms with van der Waals surface area (Å²) in [4.78, 5) is 30.2. The molecule has 2 heterocycles. The number of benzene rings is 3. The van der Waals surface area contributed by atoms with Gasteiger partial charge in [0, 0.05) is 31.7 Å². The van der Waals surface area contributed by atoms with Crippen molar-refractivity contribution in [2.45, 2.75) is 56.4 Å². The van der Waals surface area contributed by atoms with Gasteiger partial charge in [-0.25, -0.2) is 4.79 Å². The number of carboxylic acid groups (broad SMARTS) is 1. The molecule has 2 amide bonds. The van der Waals surface area contributed by atoms with E-state index >= 15 is 0 Å². The third-order valence-electron chi connectivity index (χ3n) is 9.57. The van der Waals surface area contributed by atoms with Crippen molar-refractivity contribution >= 4 is 46.8 Å². The van der Waals surface area contributed by atoms with Crippen molar-refractivity contribution in [1.82, 2.24) is 14.7 Å². The zero-order valence-corrected chi connectivity index (χ0v) is 28.1. The fraction of sp³-hybridized carbons (Fsp3) is 0.444. The highest BCUT2D eigenvalue weighted by molar-refractivity contribution is 6.42. The van der Waals surface area contributed by atoms with E-state index in [-0.39, 0.29) is 5.41 Å². The number of nitrogens with zero attached hydrogens (tertiary/aromatic N) is 3. The molecular formula is C36H42Cl3N3O3. The molecule has 0 bridgehead atoms. The summed E-state index contributed by atoms with van der Waals surface area (Å²) in [6.07, 6.45) is 5.61. The standard InChI is InChI=1S/C27H32Cl2N2O.C9H10ClNO2/c28-24-10-9-20(18-25(24)29)23-17-21(23)19-30-15-11-27(12-16-30,22-7-3-1-4-8-22)26(32)31-13-5-2-6-14-31;1-11(9(12)13)6-7-4-2-3-5-8(7)10/h1,3-4,7-10,18,21,23H,2,5-6,11-17,19H2;2-5H,6H2,1H3,(H,12,13)/t21-,23+;/m0./s1. The highest BCUT2D eigenvalue weighted by atomic mass is 35.5. The first-order chi connectivity index (χ1) is 21.7. The van der Waals surface area contributed by atoms with Crippen molar-refractivity contribution < 1.29 is 14.7 Å². The van der Waals surface area contributed by atoms with Crippen molar-refractivity contribution in [3.05, 3.63) is 105 Å². The van der Waals surface area contributed by atoms with Crippen LogP contribution in [0.5, 0.6) is 0 Å². The Bertz CT molecular complexity index is 1460. The lowest BCUT2D eigenvalue weighted by atomic mass is 9.71. The molecule has 9 heteroatoms. The molecule has 0 radical (unpaired) electrons. The van der Waals surface area contributed by atoms with Crippen molar-refractivity contribution in [2.24, 2.45) is 5.92 Å². The van der Waals surface area contributed by atoms with Gasteiger partial charge in [-0.15, -0.1) is 0 Å². The molecule has 3 aromatic rings. The smallest absolute Gasteiger partial charge is 0.407 e. The van der Waals surface area contributed by atoms with Gasteiger partial charge in [-0.2, -0.15) is 0 Å².